The van der Waals surface area contributed by atoms with Crippen molar-refractivity contribution in [2.45, 2.75) is 26.3 Å². The summed E-state index contributed by atoms with van der Waals surface area (Å²) in [7, 11) is 3.54. The van der Waals surface area contributed by atoms with Crippen molar-refractivity contribution < 1.29 is 9.53 Å². The van der Waals surface area contributed by atoms with Crippen LogP contribution in [0.25, 0.3) is 11.2 Å². The Balaban J connectivity index is 1.41. The Morgan fingerprint density at radius 3 is 2.76 bits per heavy atom. The third kappa shape index (κ3) is 4.88. The Kier molecular flexibility index (Phi) is 6.98. The molecule has 9 heteroatoms. The number of hydrogen-bond donors (Lipinski definition) is 3. The van der Waals surface area contributed by atoms with Crippen LogP contribution in [-0.2, 0) is 6.42 Å². The van der Waals surface area contributed by atoms with Crippen LogP contribution in [0.3, 0.4) is 0 Å². The summed E-state index contributed by atoms with van der Waals surface area (Å²) in [5.41, 5.74) is 4.86. The predicted octanol–water partition coefficient (Wildman–Crippen LogP) is 2.44. The number of carbonyl (C=O) groups excluding carboxylic acids is 1. The number of hydrogen-bond acceptors (Lipinski definition) is 7. The Bertz CT molecular complexity index is 1120. The van der Waals surface area contributed by atoms with Crippen LogP contribution in [0.4, 0.5) is 11.4 Å². The molecule has 0 saturated carbocycles. The minimum Gasteiger partial charge on any atom is -0.495 e. The molecule has 33 heavy (non-hydrogen) atoms. The summed E-state index contributed by atoms with van der Waals surface area (Å²) >= 11 is 0. The van der Waals surface area contributed by atoms with Gasteiger partial charge in [0, 0.05) is 52.0 Å². The van der Waals surface area contributed by atoms with E-state index < -0.39 is 0 Å². The van der Waals surface area contributed by atoms with Gasteiger partial charge >= 0.3 is 0 Å². The number of aromatic nitrogens is 3. The fraction of sp³-hybridized carbons (Fsp3) is 0.458. The van der Waals surface area contributed by atoms with E-state index >= 15 is 0 Å². The first-order valence-electron chi connectivity index (χ1n) is 11.5. The molecule has 4 rings (SSSR count). The molecule has 1 saturated heterocycles. The molecule has 2 aromatic heterocycles. The standard InChI is InChI=1S/C24H33N7O2/c1-16(2)31-15-19(25-3)22-23(31)28-14-18(29-22)24(32)27-8-7-17-5-6-20(21(13-17)33-4)30-11-9-26-10-12-30/h5-6,13-16,25-26H,7-12H2,1-4H3,(H,27,32). The summed E-state index contributed by atoms with van der Waals surface area (Å²) in [6.45, 7) is 8.56. The monoisotopic (exact) mass is 451 g/mol. The zero-order valence-electron chi connectivity index (χ0n) is 19.8. The van der Waals surface area contributed by atoms with E-state index in [1.165, 1.54) is 0 Å². The van der Waals surface area contributed by atoms with Crippen molar-refractivity contribution in [3.63, 3.8) is 0 Å². The van der Waals surface area contributed by atoms with Crippen molar-refractivity contribution in [2.75, 3.05) is 57.1 Å². The van der Waals surface area contributed by atoms with Crippen molar-refractivity contribution >= 4 is 28.4 Å². The fourth-order valence-electron chi connectivity index (χ4n) is 4.16. The van der Waals surface area contributed by atoms with Crippen molar-refractivity contribution in [2.24, 2.45) is 0 Å². The van der Waals surface area contributed by atoms with Crippen LogP contribution in [-0.4, -0.2) is 67.3 Å². The molecule has 3 N–H and O–H groups in total. The zero-order valence-corrected chi connectivity index (χ0v) is 19.8. The van der Waals surface area contributed by atoms with Crippen molar-refractivity contribution in [1.29, 1.82) is 0 Å². The fourth-order valence-corrected chi connectivity index (χ4v) is 4.16. The summed E-state index contributed by atoms with van der Waals surface area (Å²) in [4.78, 5) is 24.1. The van der Waals surface area contributed by atoms with Gasteiger partial charge in [0.15, 0.2) is 5.65 Å². The molecule has 9 nitrogen and oxygen atoms in total. The Morgan fingerprint density at radius 2 is 2.06 bits per heavy atom. The average Bonchev–Trinajstić information content (AvgIpc) is 3.22. The maximum Gasteiger partial charge on any atom is 0.271 e. The third-order valence-electron chi connectivity index (χ3n) is 5.98. The number of anilines is 2. The van der Waals surface area contributed by atoms with Gasteiger partial charge in [0.2, 0.25) is 0 Å². The van der Waals surface area contributed by atoms with E-state index in [0.29, 0.717) is 24.2 Å². The number of benzene rings is 1. The van der Waals surface area contributed by atoms with Gasteiger partial charge in [0.1, 0.15) is 17.0 Å². The molecule has 0 aliphatic carbocycles. The van der Waals surface area contributed by atoms with E-state index in [1.807, 2.05) is 17.8 Å². The number of amides is 1. The second-order valence-corrected chi connectivity index (χ2v) is 8.47. The first-order chi connectivity index (χ1) is 16.0. The molecule has 1 amide bonds. The molecule has 0 bridgehead atoms. The van der Waals surface area contributed by atoms with Crippen molar-refractivity contribution in [1.82, 2.24) is 25.2 Å². The Hall–Kier alpha value is -3.33. The van der Waals surface area contributed by atoms with Crippen LogP contribution >= 0.6 is 0 Å². The lowest BCUT2D eigenvalue weighted by Gasteiger charge is -2.30. The maximum absolute atomic E-state index is 12.7. The van der Waals surface area contributed by atoms with Crippen LogP contribution in [0.5, 0.6) is 5.75 Å². The first kappa shape index (κ1) is 22.8. The molecule has 0 atom stereocenters. The maximum atomic E-state index is 12.7. The highest BCUT2D eigenvalue weighted by atomic mass is 16.5. The van der Waals surface area contributed by atoms with E-state index in [1.54, 1.807) is 13.3 Å². The normalized spacial score (nSPS) is 14.0. The van der Waals surface area contributed by atoms with Crippen molar-refractivity contribution in [3.05, 3.63) is 41.9 Å². The molecule has 1 aliphatic heterocycles. The second kappa shape index (κ2) is 10.1. The molecule has 1 fully saturated rings. The molecule has 1 aliphatic rings. The van der Waals surface area contributed by atoms with Gasteiger partial charge in [-0.25, -0.2) is 9.97 Å². The van der Waals surface area contributed by atoms with Gasteiger partial charge in [-0.3, -0.25) is 4.79 Å². The lowest BCUT2D eigenvalue weighted by atomic mass is 10.1. The third-order valence-corrected chi connectivity index (χ3v) is 5.98. The quantitative estimate of drug-likeness (QED) is 0.484. The van der Waals surface area contributed by atoms with Crippen molar-refractivity contribution in [3.8, 4) is 5.75 Å². The number of carbonyl (C=O) groups is 1. The van der Waals surface area contributed by atoms with E-state index in [4.69, 9.17) is 4.74 Å². The van der Waals surface area contributed by atoms with Gasteiger partial charge in [0.25, 0.3) is 5.91 Å². The number of piperazine rings is 1. The van der Waals surface area contributed by atoms with Gasteiger partial charge in [-0.1, -0.05) is 6.07 Å². The molecule has 0 radical (unpaired) electrons. The van der Waals surface area contributed by atoms with Crippen LogP contribution in [0.2, 0.25) is 0 Å². The number of methoxy groups -OCH3 is 1. The number of rotatable bonds is 8. The summed E-state index contributed by atoms with van der Waals surface area (Å²) in [5.74, 6) is 0.638. The van der Waals surface area contributed by atoms with Crippen LogP contribution < -0.4 is 25.6 Å². The molecule has 3 aromatic rings. The van der Waals surface area contributed by atoms with Crippen LogP contribution in [0.15, 0.2) is 30.6 Å². The molecule has 0 unspecified atom stereocenters. The van der Waals surface area contributed by atoms with E-state index in [2.05, 4.69) is 62.9 Å². The van der Waals surface area contributed by atoms with E-state index in [0.717, 1.165) is 54.5 Å². The van der Waals surface area contributed by atoms with E-state index in [-0.39, 0.29) is 11.9 Å². The Labute approximate surface area is 194 Å². The minimum absolute atomic E-state index is 0.229. The zero-order chi connectivity index (χ0) is 23.4. The predicted molar refractivity (Wildman–Crippen MR) is 132 cm³/mol. The largest absolute Gasteiger partial charge is 0.495 e. The summed E-state index contributed by atoms with van der Waals surface area (Å²) in [6, 6.07) is 6.52. The topological polar surface area (TPSA) is 96.3 Å². The molecule has 176 valence electrons. The second-order valence-electron chi connectivity index (χ2n) is 8.47. The summed E-state index contributed by atoms with van der Waals surface area (Å²) in [6.07, 6.45) is 4.22. The van der Waals surface area contributed by atoms with Gasteiger partial charge in [-0.15, -0.1) is 0 Å². The lowest BCUT2D eigenvalue weighted by Crippen LogP contribution is -2.43. The number of ether oxygens (including phenoxy) is 1. The lowest BCUT2D eigenvalue weighted by molar-refractivity contribution is 0.0949. The summed E-state index contributed by atoms with van der Waals surface area (Å²) < 4.78 is 7.69. The number of nitrogens with one attached hydrogen (secondary N) is 3. The number of fused-ring (bicyclic) bond motifs is 1. The van der Waals surface area contributed by atoms with Crippen LogP contribution in [0.1, 0.15) is 35.9 Å². The van der Waals surface area contributed by atoms with Gasteiger partial charge in [0.05, 0.1) is 24.7 Å². The van der Waals surface area contributed by atoms with E-state index in [9.17, 15) is 4.79 Å². The molecular formula is C24H33N7O2. The first-order valence-corrected chi connectivity index (χ1v) is 11.5. The minimum atomic E-state index is -0.229. The highest BCUT2D eigenvalue weighted by Gasteiger charge is 2.17. The van der Waals surface area contributed by atoms with Gasteiger partial charge < -0.3 is 30.2 Å². The van der Waals surface area contributed by atoms with Gasteiger partial charge in [-0.2, -0.15) is 0 Å². The Morgan fingerprint density at radius 1 is 1.27 bits per heavy atom. The smallest absolute Gasteiger partial charge is 0.271 e. The van der Waals surface area contributed by atoms with Gasteiger partial charge in [-0.05, 0) is 38.0 Å². The van der Waals surface area contributed by atoms with Crippen LogP contribution in [0, 0.1) is 0 Å². The number of nitrogens with zero attached hydrogens (tertiary/aromatic N) is 4. The molecule has 3 heterocycles. The highest BCUT2D eigenvalue weighted by Crippen LogP contribution is 2.30. The average molecular weight is 452 g/mol. The SMILES string of the molecule is CNc1cn(C(C)C)c2ncc(C(=O)NCCc3ccc(N4CCNCC4)c(OC)c3)nc12. The molecule has 0 spiro atoms. The molecular weight excluding hydrogens is 418 g/mol. The molecule has 1 aromatic carbocycles. The highest BCUT2D eigenvalue weighted by molar-refractivity contribution is 5.95. The summed E-state index contributed by atoms with van der Waals surface area (Å²) in [5, 5.41) is 9.48.